The van der Waals surface area contributed by atoms with E-state index in [0.29, 0.717) is 24.3 Å². The molecule has 1 amide bonds. The van der Waals surface area contributed by atoms with Gasteiger partial charge in [-0.05, 0) is 18.8 Å². The first-order valence-corrected chi connectivity index (χ1v) is 6.57. The molecule has 16 heavy (non-hydrogen) atoms. The van der Waals surface area contributed by atoms with Gasteiger partial charge in [-0.3, -0.25) is 4.79 Å². The molecule has 2 radical (unpaired) electrons. The number of carbonyl (C=O) groups is 1. The van der Waals surface area contributed by atoms with Gasteiger partial charge in [0.25, 0.3) is 0 Å². The van der Waals surface area contributed by atoms with Gasteiger partial charge < -0.3 is 4.90 Å². The van der Waals surface area contributed by atoms with Gasteiger partial charge in [0, 0.05) is 19.5 Å². The summed E-state index contributed by atoms with van der Waals surface area (Å²) in [6.45, 7) is 6.15. The molecule has 1 aliphatic heterocycles. The van der Waals surface area contributed by atoms with Gasteiger partial charge in [0.1, 0.15) is 0 Å². The van der Waals surface area contributed by atoms with E-state index in [4.69, 9.17) is 7.85 Å². The summed E-state index contributed by atoms with van der Waals surface area (Å²) < 4.78 is 0. The minimum Gasteiger partial charge on any atom is -0.343 e. The lowest BCUT2D eigenvalue weighted by Gasteiger charge is -2.50. The minimum absolute atomic E-state index is 0.0577. The van der Waals surface area contributed by atoms with E-state index in [1.807, 2.05) is 25.8 Å². The molecule has 2 fully saturated rings. The Bertz CT molecular complexity index is 252. The van der Waals surface area contributed by atoms with Crippen LogP contribution in [0.4, 0.5) is 0 Å². The predicted molar refractivity (Wildman–Crippen MR) is 68.6 cm³/mol. The van der Waals surface area contributed by atoms with Crippen molar-refractivity contribution in [3.05, 3.63) is 0 Å². The Balaban J connectivity index is 0.000000606. The molecule has 3 atom stereocenters. The molecule has 0 aromatic rings. The van der Waals surface area contributed by atoms with Gasteiger partial charge in [-0.1, -0.05) is 38.9 Å². The van der Waals surface area contributed by atoms with Gasteiger partial charge in [-0.25, -0.2) is 0 Å². The van der Waals surface area contributed by atoms with Crippen molar-refractivity contribution >= 4 is 13.8 Å². The largest absolute Gasteiger partial charge is 0.343 e. The van der Waals surface area contributed by atoms with Gasteiger partial charge in [0.05, 0.1) is 7.85 Å². The predicted octanol–water partition coefficient (Wildman–Crippen LogP) is 2.78. The third kappa shape index (κ3) is 2.44. The Labute approximate surface area is 101 Å². The third-order valence-corrected chi connectivity index (χ3v) is 4.09. The molecule has 3 unspecified atom stereocenters. The molecule has 0 N–H and O–H groups in total. The third-order valence-electron chi connectivity index (χ3n) is 4.09. The Morgan fingerprint density at radius 2 is 2.00 bits per heavy atom. The molecule has 3 heteroatoms. The fourth-order valence-corrected chi connectivity index (χ4v) is 3.14. The van der Waals surface area contributed by atoms with Crippen molar-refractivity contribution in [2.75, 3.05) is 7.05 Å². The second-order valence-corrected chi connectivity index (χ2v) is 5.12. The highest BCUT2D eigenvalue weighted by Crippen LogP contribution is 2.49. The van der Waals surface area contributed by atoms with Gasteiger partial charge in [-0.15, -0.1) is 0 Å². The number of hydrogen-bond acceptors (Lipinski definition) is 1. The standard InChI is InChI=1S/C11H18BNO.C2H6/c1-11(12)7-3-4-9-8(11)5-6-10(14)13(9)2;1-2/h8-9H,3-7H2,1-2H3;1-2H3. The second-order valence-electron chi connectivity index (χ2n) is 5.12. The van der Waals surface area contributed by atoms with Crippen LogP contribution >= 0.6 is 0 Å². The molecule has 2 nitrogen and oxygen atoms in total. The number of likely N-dealkylation sites (tertiary alicyclic amines) is 1. The minimum atomic E-state index is -0.0577. The summed E-state index contributed by atoms with van der Waals surface area (Å²) in [6.07, 6.45) is 5.08. The highest BCUT2D eigenvalue weighted by atomic mass is 16.2. The first-order chi connectivity index (χ1) is 7.52. The normalized spacial score (nSPS) is 38.5. The lowest BCUT2D eigenvalue weighted by atomic mass is 9.52. The van der Waals surface area contributed by atoms with E-state index in [1.165, 1.54) is 0 Å². The van der Waals surface area contributed by atoms with Crippen LogP contribution in [0.15, 0.2) is 0 Å². The zero-order valence-corrected chi connectivity index (χ0v) is 11.1. The number of rotatable bonds is 0. The molecule has 90 valence electrons. The molecule has 1 saturated carbocycles. The molecule has 2 rings (SSSR count). The Hall–Kier alpha value is -0.465. The smallest absolute Gasteiger partial charge is 0.222 e. The van der Waals surface area contributed by atoms with Crippen molar-refractivity contribution in [2.24, 2.45) is 5.92 Å². The van der Waals surface area contributed by atoms with Crippen molar-refractivity contribution in [2.45, 2.75) is 64.2 Å². The molecule has 1 aliphatic carbocycles. The summed E-state index contributed by atoms with van der Waals surface area (Å²) in [5.41, 5.74) is 0. The van der Waals surface area contributed by atoms with Crippen LogP contribution < -0.4 is 0 Å². The van der Waals surface area contributed by atoms with E-state index >= 15 is 0 Å². The van der Waals surface area contributed by atoms with Crippen molar-refractivity contribution in [3.8, 4) is 0 Å². The van der Waals surface area contributed by atoms with Crippen LogP contribution in [0.5, 0.6) is 0 Å². The number of fused-ring (bicyclic) bond motifs is 1. The fraction of sp³-hybridized carbons (Fsp3) is 0.923. The van der Waals surface area contributed by atoms with E-state index < -0.39 is 0 Å². The van der Waals surface area contributed by atoms with E-state index in [2.05, 4.69) is 6.92 Å². The van der Waals surface area contributed by atoms with Crippen LogP contribution in [0.25, 0.3) is 0 Å². The van der Waals surface area contributed by atoms with Gasteiger partial charge in [0.2, 0.25) is 5.91 Å². The first kappa shape index (κ1) is 13.6. The Morgan fingerprint density at radius 1 is 1.38 bits per heavy atom. The van der Waals surface area contributed by atoms with Gasteiger partial charge in [0.15, 0.2) is 0 Å². The van der Waals surface area contributed by atoms with Crippen LogP contribution in [0.1, 0.15) is 52.9 Å². The number of piperidine rings is 1. The first-order valence-electron chi connectivity index (χ1n) is 6.57. The highest BCUT2D eigenvalue weighted by molar-refractivity contribution is 6.15. The lowest BCUT2D eigenvalue weighted by molar-refractivity contribution is -0.138. The summed E-state index contributed by atoms with van der Waals surface area (Å²) in [6, 6.07) is 0.403. The second kappa shape index (κ2) is 5.24. The summed E-state index contributed by atoms with van der Waals surface area (Å²) >= 11 is 0. The maximum atomic E-state index is 11.5. The quantitative estimate of drug-likeness (QED) is 0.576. The van der Waals surface area contributed by atoms with Crippen molar-refractivity contribution in [3.63, 3.8) is 0 Å². The number of amides is 1. The summed E-state index contributed by atoms with van der Waals surface area (Å²) in [5, 5.41) is -0.0577. The van der Waals surface area contributed by atoms with E-state index in [-0.39, 0.29) is 5.31 Å². The van der Waals surface area contributed by atoms with Crippen LogP contribution in [0, 0.1) is 5.92 Å². The number of carbonyl (C=O) groups excluding carboxylic acids is 1. The monoisotopic (exact) mass is 221 g/mol. The van der Waals surface area contributed by atoms with Crippen LogP contribution in [-0.4, -0.2) is 31.7 Å². The average Bonchev–Trinajstić information content (AvgIpc) is 2.26. The van der Waals surface area contributed by atoms with Crippen LogP contribution in [0.3, 0.4) is 0 Å². The molecular formula is C13H24BNO. The Morgan fingerprint density at radius 3 is 2.62 bits per heavy atom. The van der Waals surface area contributed by atoms with E-state index in [9.17, 15) is 4.79 Å². The number of hydrogen-bond donors (Lipinski definition) is 0. The van der Waals surface area contributed by atoms with E-state index in [0.717, 1.165) is 25.7 Å². The molecule has 1 heterocycles. The molecule has 0 bridgehead atoms. The van der Waals surface area contributed by atoms with Crippen molar-refractivity contribution < 1.29 is 4.79 Å². The average molecular weight is 221 g/mol. The SMILES string of the molecule is CC.[B]C1(C)CCCC2C1CCC(=O)N2C. The molecule has 0 aromatic heterocycles. The van der Waals surface area contributed by atoms with Crippen molar-refractivity contribution in [1.82, 2.24) is 4.90 Å². The van der Waals surface area contributed by atoms with Gasteiger partial charge in [-0.2, -0.15) is 0 Å². The van der Waals surface area contributed by atoms with Crippen molar-refractivity contribution in [1.29, 1.82) is 0 Å². The summed E-state index contributed by atoms with van der Waals surface area (Å²) in [4.78, 5) is 13.5. The molecule has 1 saturated heterocycles. The maximum Gasteiger partial charge on any atom is 0.222 e. The topological polar surface area (TPSA) is 20.3 Å². The van der Waals surface area contributed by atoms with Crippen LogP contribution in [-0.2, 0) is 4.79 Å². The fourth-order valence-electron chi connectivity index (χ4n) is 3.14. The van der Waals surface area contributed by atoms with Gasteiger partial charge >= 0.3 is 0 Å². The Kier molecular flexibility index (Phi) is 4.46. The zero-order chi connectivity index (χ0) is 12.3. The molecular weight excluding hydrogens is 197 g/mol. The summed E-state index contributed by atoms with van der Waals surface area (Å²) in [5.74, 6) is 0.808. The summed E-state index contributed by atoms with van der Waals surface area (Å²) in [7, 11) is 8.23. The van der Waals surface area contributed by atoms with Crippen LogP contribution in [0.2, 0.25) is 5.31 Å². The molecule has 0 aromatic carbocycles. The molecule has 0 spiro atoms. The maximum absolute atomic E-state index is 11.5. The number of nitrogens with zero attached hydrogens (tertiary/aromatic N) is 1. The lowest BCUT2D eigenvalue weighted by Crippen LogP contribution is -2.51. The highest BCUT2D eigenvalue weighted by Gasteiger charge is 2.43. The van der Waals surface area contributed by atoms with E-state index in [1.54, 1.807) is 0 Å². The molecule has 2 aliphatic rings. The zero-order valence-electron chi connectivity index (χ0n) is 11.1.